The Hall–Kier alpha value is -2.28. The summed E-state index contributed by atoms with van der Waals surface area (Å²) in [5, 5.41) is 7.80. The fourth-order valence-electron chi connectivity index (χ4n) is 2.07. The molecule has 1 heterocycles. The first-order valence-corrected chi connectivity index (χ1v) is 6.52. The number of nitrogens with two attached hydrogens (primary N) is 1. The first-order chi connectivity index (χ1) is 10.1. The van der Waals surface area contributed by atoms with Crippen molar-refractivity contribution >= 4 is 5.97 Å². The lowest BCUT2D eigenvalue weighted by molar-refractivity contribution is 0.0592. The van der Waals surface area contributed by atoms with E-state index in [4.69, 9.17) is 5.73 Å². The summed E-state index contributed by atoms with van der Waals surface area (Å²) in [7, 11) is 1.28. The second-order valence-electron chi connectivity index (χ2n) is 4.64. The van der Waals surface area contributed by atoms with Crippen molar-refractivity contribution in [2.24, 2.45) is 5.73 Å². The first kappa shape index (κ1) is 15.1. The van der Waals surface area contributed by atoms with E-state index in [1.807, 2.05) is 6.92 Å². The minimum atomic E-state index is -0.555. The number of hydrogen-bond acceptors (Lipinski definition) is 5. The molecular weight excluding hydrogens is 275 g/mol. The van der Waals surface area contributed by atoms with Crippen LogP contribution in [0, 0.1) is 12.7 Å². The molecule has 0 atom stereocenters. The van der Waals surface area contributed by atoms with Crippen LogP contribution >= 0.6 is 0 Å². The normalized spacial score (nSPS) is 10.7. The first-order valence-electron chi connectivity index (χ1n) is 6.52. The molecular formula is C14H17FN4O2. The summed E-state index contributed by atoms with van der Waals surface area (Å²) >= 11 is 0. The third-order valence-electron chi connectivity index (χ3n) is 3.23. The molecule has 112 valence electrons. The molecule has 21 heavy (non-hydrogen) atoms. The molecule has 2 aromatic rings. The van der Waals surface area contributed by atoms with Crippen LogP contribution in [0.3, 0.4) is 0 Å². The van der Waals surface area contributed by atoms with Crippen LogP contribution in [0.2, 0.25) is 0 Å². The molecule has 0 aliphatic heterocycles. The number of esters is 1. The van der Waals surface area contributed by atoms with Crippen molar-refractivity contribution in [2.45, 2.75) is 19.9 Å². The highest BCUT2D eigenvalue weighted by atomic mass is 19.1. The van der Waals surface area contributed by atoms with Crippen molar-refractivity contribution < 1.29 is 13.9 Å². The van der Waals surface area contributed by atoms with E-state index in [9.17, 15) is 9.18 Å². The summed E-state index contributed by atoms with van der Waals surface area (Å²) in [5.74, 6) is -0.870. The molecule has 0 aliphatic rings. The molecule has 2 N–H and O–H groups in total. The van der Waals surface area contributed by atoms with Crippen molar-refractivity contribution in [3.05, 3.63) is 46.5 Å². The summed E-state index contributed by atoms with van der Waals surface area (Å²) in [4.78, 5) is 11.7. The zero-order chi connectivity index (χ0) is 15.4. The van der Waals surface area contributed by atoms with Gasteiger partial charge in [0.05, 0.1) is 19.3 Å². The maximum absolute atomic E-state index is 13.3. The lowest BCUT2D eigenvalue weighted by Crippen LogP contribution is -2.15. The molecule has 0 saturated carbocycles. The van der Waals surface area contributed by atoms with E-state index in [0.29, 0.717) is 25.2 Å². The Morgan fingerprint density at radius 1 is 1.48 bits per heavy atom. The number of benzene rings is 1. The number of nitrogens with zero attached hydrogens (tertiary/aromatic N) is 3. The number of hydrogen-bond donors (Lipinski definition) is 1. The van der Waals surface area contributed by atoms with Gasteiger partial charge in [0.1, 0.15) is 5.82 Å². The van der Waals surface area contributed by atoms with Crippen molar-refractivity contribution in [1.82, 2.24) is 15.0 Å². The van der Waals surface area contributed by atoms with Crippen molar-refractivity contribution in [1.29, 1.82) is 0 Å². The van der Waals surface area contributed by atoms with Gasteiger partial charge in [-0.3, -0.25) is 0 Å². The number of aromatic nitrogens is 3. The monoisotopic (exact) mass is 292 g/mol. The Balaban J connectivity index is 2.37. The minimum absolute atomic E-state index is 0.150. The highest BCUT2D eigenvalue weighted by molar-refractivity contribution is 5.88. The van der Waals surface area contributed by atoms with Gasteiger partial charge in [-0.15, -0.1) is 5.10 Å². The number of ether oxygens (including phenoxy) is 1. The number of aryl methyl sites for hydroxylation is 1. The van der Waals surface area contributed by atoms with Gasteiger partial charge in [0.2, 0.25) is 0 Å². The molecule has 1 aromatic heterocycles. The number of carbonyl (C=O) groups is 1. The van der Waals surface area contributed by atoms with E-state index in [0.717, 1.165) is 11.1 Å². The van der Waals surface area contributed by atoms with E-state index >= 15 is 0 Å². The molecule has 0 bridgehead atoms. The van der Waals surface area contributed by atoms with Gasteiger partial charge >= 0.3 is 5.97 Å². The largest absolute Gasteiger partial charge is 0.464 e. The fourth-order valence-corrected chi connectivity index (χ4v) is 2.07. The Morgan fingerprint density at radius 3 is 2.90 bits per heavy atom. The summed E-state index contributed by atoms with van der Waals surface area (Å²) in [5.41, 5.74) is 8.01. The van der Waals surface area contributed by atoms with Crippen LogP contribution < -0.4 is 5.73 Å². The third-order valence-corrected chi connectivity index (χ3v) is 3.23. The molecule has 0 radical (unpaired) electrons. The Labute approximate surface area is 121 Å². The third kappa shape index (κ3) is 3.25. The summed E-state index contributed by atoms with van der Waals surface area (Å²) in [6.07, 6.45) is 0.436. The quantitative estimate of drug-likeness (QED) is 0.833. The molecule has 1 aromatic carbocycles. The SMILES string of the molecule is COC(=O)c1nnn(Cc2cc(F)ccc2C)c1CCN. The Bertz CT molecular complexity index is 654. The average molecular weight is 292 g/mol. The maximum atomic E-state index is 13.3. The number of methoxy groups -OCH3 is 1. The van der Waals surface area contributed by atoms with Crippen LogP contribution in [-0.2, 0) is 17.7 Å². The molecule has 0 aliphatic carbocycles. The van der Waals surface area contributed by atoms with E-state index in [1.165, 1.54) is 19.2 Å². The van der Waals surface area contributed by atoms with Crippen LogP contribution in [0.25, 0.3) is 0 Å². The van der Waals surface area contributed by atoms with Gasteiger partial charge in [-0.05, 0) is 36.7 Å². The van der Waals surface area contributed by atoms with Crippen LogP contribution in [0.4, 0.5) is 4.39 Å². The molecule has 0 fully saturated rings. The number of halogens is 1. The van der Waals surface area contributed by atoms with Crippen LogP contribution in [0.15, 0.2) is 18.2 Å². The van der Waals surface area contributed by atoms with Gasteiger partial charge in [-0.1, -0.05) is 11.3 Å². The van der Waals surface area contributed by atoms with E-state index in [-0.39, 0.29) is 11.5 Å². The predicted octanol–water partition coefficient (Wildman–Crippen LogP) is 1.06. The Morgan fingerprint density at radius 2 is 2.24 bits per heavy atom. The van der Waals surface area contributed by atoms with Crippen molar-refractivity contribution in [2.75, 3.05) is 13.7 Å². The van der Waals surface area contributed by atoms with Crippen molar-refractivity contribution in [3.63, 3.8) is 0 Å². The van der Waals surface area contributed by atoms with Gasteiger partial charge in [0, 0.05) is 6.42 Å². The van der Waals surface area contributed by atoms with Crippen LogP contribution in [-0.4, -0.2) is 34.6 Å². The zero-order valence-corrected chi connectivity index (χ0v) is 12.0. The maximum Gasteiger partial charge on any atom is 0.360 e. The van der Waals surface area contributed by atoms with E-state index in [1.54, 1.807) is 10.7 Å². The van der Waals surface area contributed by atoms with Crippen LogP contribution in [0.1, 0.15) is 27.3 Å². The zero-order valence-electron chi connectivity index (χ0n) is 12.0. The fraction of sp³-hybridized carbons (Fsp3) is 0.357. The molecule has 0 unspecified atom stereocenters. The topological polar surface area (TPSA) is 83.0 Å². The van der Waals surface area contributed by atoms with Gasteiger partial charge < -0.3 is 10.5 Å². The highest BCUT2D eigenvalue weighted by Gasteiger charge is 2.20. The molecule has 0 amide bonds. The lowest BCUT2D eigenvalue weighted by atomic mass is 10.1. The standard InChI is InChI=1S/C14H17FN4O2/c1-9-3-4-11(15)7-10(9)8-19-12(5-6-16)13(17-18-19)14(20)21-2/h3-4,7H,5-6,8,16H2,1-2H3. The predicted molar refractivity (Wildman–Crippen MR) is 74.4 cm³/mol. The minimum Gasteiger partial charge on any atom is -0.464 e. The van der Waals surface area contributed by atoms with Gasteiger partial charge in [0.15, 0.2) is 5.69 Å². The second-order valence-corrected chi connectivity index (χ2v) is 4.64. The highest BCUT2D eigenvalue weighted by Crippen LogP contribution is 2.15. The number of carbonyl (C=O) groups excluding carboxylic acids is 1. The summed E-state index contributed by atoms with van der Waals surface area (Å²) in [6.45, 7) is 2.55. The van der Waals surface area contributed by atoms with Crippen LogP contribution in [0.5, 0.6) is 0 Å². The van der Waals surface area contributed by atoms with Crippen molar-refractivity contribution in [3.8, 4) is 0 Å². The average Bonchev–Trinajstić information content (AvgIpc) is 2.85. The molecule has 7 heteroatoms. The number of rotatable bonds is 5. The second kappa shape index (κ2) is 6.45. The molecule has 0 saturated heterocycles. The Kier molecular flexibility index (Phi) is 4.64. The van der Waals surface area contributed by atoms with E-state index < -0.39 is 5.97 Å². The molecule has 2 rings (SSSR count). The molecule has 0 spiro atoms. The van der Waals surface area contributed by atoms with Gasteiger partial charge in [-0.25, -0.2) is 13.9 Å². The van der Waals surface area contributed by atoms with E-state index in [2.05, 4.69) is 15.0 Å². The lowest BCUT2D eigenvalue weighted by Gasteiger charge is -2.09. The van der Waals surface area contributed by atoms with Gasteiger partial charge in [0.25, 0.3) is 0 Å². The summed E-state index contributed by atoms with van der Waals surface area (Å²) in [6, 6.07) is 4.55. The van der Waals surface area contributed by atoms with Gasteiger partial charge in [-0.2, -0.15) is 0 Å². The smallest absolute Gasteiger partial charge is 0.360 e. The molecule has 6 nitrogen and oxygen atoms in total. The summed E-state index contributed by atoms with van der Waals surface area (Å²) < 4.78 is 19.6.